The Kier molecular flexibility index (Phi) is 4.20. The molecule has 0 aliphatic rings. The van der Waals surface area contributed by atoms with Crippen LogP contribution in [-0.4, -0.2) is 15.7 Å². The number of nitrogens with zero attached hydrogens (tertiary/aromatic N) is 2. The molecule has 0 aliphatic carbocycles. The largest absolute Gasteiger partial charge is 0.350 e. The maximum atomic E-state index is 12.1. The summed E-state index contributed by atoms with van der Waals surface area (Å²) in [7, 11) is 1.89. The highest BCUT2D eigenvalue weighted by molar-refractivity contribution is 5.82. The summed E-state index contributed by atoms with van der Waals surface area (Å²) in [5, 5.41) is 7.20. The van der Waals surface area contributed by atoms with Gasteiger partial charge in [-0.15, -0.1) is 0 Å². The van der Waals surface area contributed by atoms with Crippen LogP contribution in [0.5, 0.6) is 0 Å². The molecule has 0 saturated heterocycles. The summed E-state index contributed by atoms with van der Waals surface area (Å²) in [6.45, 7) is 4.37. The fourth-order valence-electron chi connectivity index (χ4n) is 2.17. The summed E-state index contributed by atoms with van der Waals surface area (Å²) in [5.41, 5.74) is 9.78. The minimum absolute atomic E-state index is 0.182. The second-order valence-electron chi connectivity index (χ2n) is 4.88. The second kappa shape index (κ2) is 5.88. The topological polar surface area (TPSA) is 72.9 Å². The van der Waals surface area contributed by atoms with Crippen LogP contribution in [0.25, 0.3) is 0 Å². The van der Waals surface area contributed by atoms with Crippen molar-refractivity contribution in [1.82, 2.24) is 15.1 Å². The monoisotopic (exact) mass is 272 g/mol. The van der Waals surface area contributed by atoms with E-state index in [4.69, 9.17) is 5.73 Å². The maximum Gasteiger partial charge on any atom is 0.241 e. The molecule has 5 nitrogen and oxygen atoms in total. The third-order valence-corrected chi connectivity index (χ3v) is 3.54. The molecule has 20 heavy (non-hydrogen) atoms. The van der Waals surface area contributed by atoms with E-state index in [1.54, 1.807) is 0 Å². The third-order valence-electron chi connectivity index (χ3n) is 3.54. The SMILES string of the molecule is Cc1nn(C)c(C)c1CNC(=O)[C@H](N)c1ccccc1. The first-order chi connectivity index (χ1) is 9.50. The van der Waals surface area contributed by atoms with Crippen molar-refractivity contribution in [2.24, 2.45) is 12.8 Å². The van der Waals surface area contributed by atoms with Crippen molar-refractivity contribution in [1.29, 1.82) is 0 Å². The highest BCUT2D eigenvalue weighted by atomic mass is 16.2. The Bertz CT molecular complexity index is 604. The van der Waals surface area contributed by atoms with Gasteiger partial charge >= 0.3 is 0 Å². The Balaban J connectivity index is 2.02. The third kappa shape index (κ3) is 2.88. The van der Waals surface area contributed by atoms with E-state index in [1.165, 1.54) is 0 Å². The number of aryl methyl sites for hydroxylation is 2. The van der Waals surface area contributed by atoms with Crippen LogP contribution in [0.15, 0.2) is 30.3 Å². The molecule has 1 aromatic carbocycles. The van der Waals surface area contributed by atoms with Gasteiger partial charge in [0.15, 0.2) is 0 Å². The van der Waals surface area contributed by atoms with Crippen molar-refractivity contribution in [2.75, 3.05) is 0 Å². The zero-order valence-electron chi connectivity index (χ0n) is 12.1. The Morgan fingerprint density at radius 2 is 2.00 bits per heavy atom. The molecule has 0 radical (unpaired) electrons. The first kappa shape index (κ1) is 14.3. The lowest BCUT2D eigenvalue weighted by Gasteiger charge is -2.12. The smallest absolute Gasteiger partial charge is 0.241 e. The van der Waals surface area contributed by atoms with Crippen LogP contribution < -0.4 is 11.1 Å². The van der Waals surface area contributed by atoms with E-state index in [1.807, 2.05) is 55.9 Å². The quantitative estimate of drug-likeness (QED) is 0.882. The van der Waals surface area contributed by atoms with Gasteiger partial charge in [-0.1, -0.05) is 30.3 Å². The summed E-state index contributed by atoms with van der Waals surface area (Å²) in [6, 6.07) is 8.70. The molecule has 106 valence electrons. The number of hydrogen-bond acceptors (Lipinski definition) is 3. The molecule has 1 atom stereocenters. The molecule has 1 heterocycles. The van der Waals surface area contributed by atoms with Gasteiger partial charge in [0.2, 0.25) is 5.91 Å². The van der Waals surface area contributed by atoms with Crippen LogP contribution in [-0.2, 0) is 18.4 Å². The molecule has 0 unspecified atom stereocenters. The summed E-state index contributed by atoms with van der Waals surface area (Å²) in [6.07, 6.45) is 0. The molecule has 3 N–H and O–H groups in total. The van der Waals surface area contributed by atoms with Gasteiger partial charge in [-0.3, -0.25) is 9.48 Å². The number of carbonyl (C=O) groups is 1. The van der Waals surface area contributed by atoms with Gasteiger partial charge in [0.25, 0.3) is 0 Å². The molecule has 2 rings (SSSR count). The Morgan fingerprint density at radius 1 is 1.35 bits per heavy atom. The molecule has 0 spiro atoms. The lowest BCUT2D eigenvalue weighted by atomic mass is 10.1. The Morgan fingerprint density at radius 3 is 2.55 bits per heavy atom. The molecule has 5 heteroatoms. The van der Waals surface area contributed by atoms with Crippen molar-refractivity contribution >= 4 is 5.91 Å². The van der Waals surface area contributed by atoms with Crippen LogP contribution >= 0.6 is 0 Å². The first-order valence-corrected chi connectivity index (χ1v) is 6.58. The molecule has 0 fully saturated rings. The Hall–Kier alpha value is -2.14. The average molecular weight is 272 g/mol. The molecule has 1 aromatic heterocycles. The first-order valence-electron chi connectivity index (χ1n) is 6.58. The lowest BCUT2D eigenvalue weighted by molar-refractivity contribution is -0.122. The summed E-state index contributed by atoms with van der Waals surface area (Å²) in [4.78, 5) is 12.1. The van der Waals surface area contributed by atoms with E-state index in [2.05, 4.69) is 10.4 Å². The van der Waals surface area contributed by atoms with Crippen LogP contribution in [0, 0.1) is 13.8 Å². The summed E-state index contributed by atoms with van der Waals surface area (Å²) < 4.78 is 1.81. The van der Waals surface area contributed by atoms with E-state index < -0.39 is 6.04 Å². The van der Waals surface area contributed by atoms with E-state index in [0.29, 0.717) is 6.54 Å². The predicted octanol–water partition coefficient (Wildman–Crippen LogP) is 1.35. The summed E-state index contributed by atoms with van der Waals surface area (Å²) in [5.74, 6) is -0.182. The molecular formula is C15H20N4O. The van der Waals surface area contributed by atoms with E-state index in [9.17, 15) is 4.79 Å². The average Bonchev–Trinajstić information content (AvgIpc) is 2.70. The predicted molar refractivity (Wildman–Crippen MR) is 77.9 cm³/mol. The fraction of sp³-hybridized carbons (Fsp3) is 0.333. The Labute approximate surface area is 118 Å². The minimum Gasteiger partial charge on any atom is -0.350 e. The van der Waals surface area contributed by atoms with Crippen LogP contribution in [0.3, 0.4) is 0 Å². The van der Waals surface area contributed by atoms with Crippen molar-refractivity contribution in [3.05, 3.63) is 52.8 Å². The molecule has 0 saturated carbocycles. The summed E-state index contributed by atoms with van der Waals surface area (Å²) >= 11 is 0. The van der Waals surface area contributed by atoms with Crippen LogP contribution in [0.4, 0.5) is 0 Å². The second-order valence-corrected chi connectivity index (χ2v) is 4.88. The van der Waals surface area contributed by atoms with Crippen molar-refractivity contribution in [3.8, 4) is 0 Å². The number of nitrogens with one attached hydrogen (secondary N) is 1. The number of hydrogen-bond donors (Lipinski definition) is 2. The van der Waals surface area contributed by atoms with Crippen molar-refractivity contribution < 1.29 is 4.79 Å². The lowest BCUT2D eigenvalue weighted by Crippen LogP contribution is -2.33. The number of amides is 1. The number of rotatable bonds is 4. The number of nitrogens with two attached hydrogens (primary N) is 1. The van der Waals surface area contributed by atoms with Gasteiger partial charge in [-0.2, -0.15) is 5.10 Å². The van der Waals surface area contributed by atoms with Gasteiger partial charge in [0.05, 0.1) is 5.69 Å². The van der Waals surface area contributed by atoms with Gasteiger partial charge in [0, 0.05) is 24.8 Å². The van der Waals surface area contributed by atoms with E-state index in [0.717, 1.165) is 22.5 Å². The molecule has 0 aliphatic heterocycles. The van der Waals surface area contributed by atoms with Crippen molar-refractivity contribution in [2.45, 2.75) is 26.4 Å². The van der Waals surface area contributed by atoms with Crippen molar-refractivity contribution in [3.63, 3.8) is 0 Å². The van der Waals surface area contributed by atoms with Gasteiger partial charge in [0.1, 0.15) is 6.04 Å². The molecule has 2 aromatic rings. The van der Waals surface area contributed by atoms with Crippen LogP contribution in [0.1, 0.15) is 28.6 Å². The highest BCUT2D eigenvalue weighted by Crippen LogP contribution is 2.13. The van der Waals surface area contributed by atoms with E-state index >= 15 is 0 Å². The normalized spacial score (nSPS) is 12.2. The fourth-order valence-corrected chi connectivity index (χ4v) is 2.17. The standard InChI is InChI=1S/C15H20N4O/c1-10-13(11(2)19(3)18-10)9-17-15(20)14(16)12-7-5-4-6-8-12/h4-8,14H,9,16H2,1-3H3,(H,17,20)/t14-/m1/s1. The van der Waals surface area contributed by atoms with Gasteiger partial charge in [-0.25, -0.2) is 0 Å². The number of aromatic nitrogens is 2. The van der Waals surface area contributed by atoms with E-state index in [-0.39, 0.29) is 5.91 Å². The van der Waals surface area contributed by atoms with Gasteiger partial charge in [-0.05, 0) is 19.4 Å². The maximum absolute atomic E-state index is 12.1. The highest BCUT2D eigenvalue weighted by Gasteiger charge is 2.16. The number of benzene rings is 1. The van der Waals surface area contributed by atoms with Gasteiger partial charge < -0.3 is 11.1 Å². The molecule has 1 amide bonds. The minimum atomic E-state index is -0.645. The zero-order chi connectivity index (χ0) is 14.7. The zero-order valence-corrected chi connectivity index (χ0v) is 12.1. The molecule has 0 bridgehead atoms. The van der Waals surface area contributed by atoms with Crippen LogP contribution in [0.2, 0.25) is 0 Å². The molecular weight excluding hydrogens is 252 g/mol. The number of carbonyl (C=O) groups excluding carboxylic acids is 1.